The van der Waals surface area contributed by atoms with Gasteiger partial charge in [0.15, 0.2) is 5.69 Å². The SMILES string of the molecule is CCCCc1nnn(C(=O)n2ccnn2)c1C(F)(F)C(F)(F)F. The maximum atomic E-state index is 13.8. The molecule has 0 amide bonds. The van der Waals surface area contributed by atoms with E-state index < -0.39 is 29.5 Å². The van der Waals surface area contributed by atoms with Crippen molar-refractivity contribution in [3.05, 3.63) is 23.8 Å². The summed E-state index contributed by atoms with van der Waals surface area (Å²) in [4.78, 5) is 12.0. The largest absolute Gasteiger partial charge is 0.459 e. The maximum absolute atomic E-state index is 13.8. The molecule has 0 aliphatic heterocycles. The van der Waals surface area contributed by atoms with Gasteiger partial charge in [-0.2, -0.15) is 31.3 Å². The van der Waals surface area contributed by atoms with Gasteiger partial charge in [-0.1, -0.05) is 23.8 Å². The molecule has 0 bridgehead atoms. The first-order valence-electron chi connectivity index (χ1n) is 6.50. The Bertz CT molecular complexity index is 678. The van der Waals surface area contributed by atoms with Gasteiger partial charge in [-0.15, -0.1) is 10.2 Å². The highest BCUT2D eigenvalue weighted by Crippen LogP contribution is 2.44. The van der Waals surface area contributed by atoms with Gasteiger partial charge in [-0.25, -0.2) is 4.79 Å². The van der Waals surface area contributed by atoms with Gasteiger partial charge in [-0.3, -0.25) is 0 Å². The van der Waals surface area contributed by atoms with Crippen molar-refractivity contribution in [1.82, 2.24) is 30.0 Å². The summed E-state index contributed by atoms with van der Waals surface area (Å²) in [5, 5.41) is 13.0. The minimum Gasteiger partial charge on any atom is -0.243 e. The number of unbranched alkanes of at least 4 members (excludes halogenated alkanes) is 1. The van der Waals surface area contributed by atoms with E-state index in [4.69, 9.17) is 0 Å². The van der Waals surface area contributed by atoms with E-state index in [9.17, 15) is 26.7 Å². The molecular formula is C11H11F5N6O. The summed E-state index contributed by atoms with van der Waals surface area (Å²) in [6, 6.07) is -1.34. The summed E-state index contributed by atoms with van der Waals surface area (Å²) < 4.78 is 66.2. The summed E-state index contributed by atoms with van der Waals surface area (Å²) in [6.45, 7) is 1.73. The number of halogens is 5. The molecule has 0 aliphatic carbocycles. The Kier molecular flexibility index (Phi) is 4.43. The Hall–Kier alpha value is -2.40. The van der Waals surface area contributed by atoms with Crippen molar-refractivity contribution >= 4 is 6.03 Å². The van der Waals surface area contributed by atoms with Crippen LogP contribution in [0.4, 0.5) is 26.7 Å². The fraction of sp³-hybridized carbons (Fsp3) is 0.545. The van der Waals surface area contributed by atoms with E-state index >= 15 is 0 Å². The quantitative estimate of drug-likeness (QED) is 0.800. The van der Waals surface area contributed by atoms with Crippen molar-refractivity contribution in [1.29, 1.82) is 0 Å². The van der Waals surface area contributed by atoms with Crippen molar-refractivity contribution < 1.29 is 26.7 Å². The molecule has 126 valence electrons. The number of aryl methyl sites for hydroxylation is 1. The molecule has 0 saturated carbocycles. The van der Waals surface area contributed by atoms with Gasteiger partial charge >= 0.3 is 18.1 Å². The van der Waals surface area contributed by atoms with Crippen LogP contribution in [0.25, 0.3) is 0 Å². The predicted octanol–water partition coefficient (Wildman–Crippen LogP) is 2.38. The molecule has 0 fully saturated rings. The molecule has 0 N–H and O–H groups in total. The van der Waals surface area contributed by atoms with E-state index in [0.29, 0.717) is 17.5 Å². The molecule has 2 heterocycles. The molecule has 2 aromatic rings. The average Bonchev–Trinajstić information content (AvgIpc) is 3.12. The summed E-state index contributed by atoms with van der Waals surface area (Å²) in [7, 11) is 0. The Morgan fingerprint density at radius 1 is 1.22 bits per heavy atom. The second-order valence-corrected chi connectivity index (χ2v) is 4.60. The van der Waals surface area contributed by atoms with Gasteiger partial charge in [0.25, 0.3) is 0 Å². The molecule has 0 unspecified atom stereocenters. The smallest absolute Gasteiger partial charge is 0.243 e. The Morgan fingerprint density at radius 2 is 1.91 bits per heavy atom. The third kappa shape index (κ3) is 3.05. The van der Waals surface area contributed by atoms with Crippen molar-refractivity contribution in [3.63, 3.8) is 0 Å². The molecule has 0 saturated heterocycles. The summed E-state index contributed by atoms with van der Waals surface area (Å²) in [6.07, 6.45) is -3.14. The first kappa shape index (κ1) is 17.0. The minimum absolute atomic E-state index is 0.0901. The maximum Gasteiger partial charge on any atom is 0.459 e. The van der Waals surface area contributed by atoms with E-state index in [0.717, 1.165) is 12.4 Å². The topological polar surface area (TPSA) is 78.5 Å². The van der Waals surface area contributed by atoms with Crippen LogP contribution in [0.1, 0.15) is 31.2 Å². The summed E-state index contributed by atoms with van der Waals surface area (Å²) >= 11 is 0. The van der Waals surface area contributed by atoms with Crippen molar-refractivity contribution in [2.24, 2.45) is 0 Å². The zero-order valence-electron chi connectivity index (χ0n) is 11.8. The normalized spacial score (nSPS) is 12.6. The Labute approximate surface area is 126 Å². The van der Waals surface area contributed by atoms with E-state index in [-0.39, 0.29) is 11.1 Å². The zero-order valence-corrected chi connectivity index (χ0v) is 11.8. The molecule has 2 aromatic heterocycles. The second kappa shape index (κ2) is 6.01. The lowest BCUT2D eigenvalue weighted by Gasteiger charge is -2.20. The van der Waals surface area contributed by atoms with Crippen molar-refractivity contribution in [2.45, 2.75) is 38.3 Å². The van der Waals surface area contributed by atoms with Crippen LogP contribution in [0.15, 0.2) is 12.4 Å². The van der Waals surface area contributed by atoms with Gasteiger partial charge in [0, 0.05) is 0 Å². The molecule has 0 atom stereocenters. The fourth-order valence-corrected chi connectivity index (χ4v) is 1.82. The van der Waals surface area contributed by atoms with Crippen LogP contribution < -0.4 is 0 Å². The minimum atomic E-state index is -5.89. The molecule has 23 heavy (non-hydrogen) atoms. The van der Waals surface area contributed by atoms with Crippen LogP contribution in [-0.2, 0) is 12.3 Å². The lowest BCUT2D eigenvalue weighted by atomic mass is 10.1. The van der Waals surface area contributed by atoms with Crippen LogP contribution >= 0.6 is 0 Å². The van der Waals surface area contributed by atoms with Gasteiger partial charge in [0.05, 0.1) is 18.1 Å². The zero-order chi connectivity index (χ0) is 17.3. The van der Waals surface area contributed by atoms with Crippen LogP contribution in [0, 0.1) is 0 Å². The molecule has 7 nitrogen and oxygen atoms in total. The van der Waals surface area contributed by atoms with E-state index in [1.165, 1.54) is 0 Å². The summed E-state index contributed by atoms with van der Waals surface area (Å²) in [5.41, 5.74) is -2.18. The van der Waals surface area contributed by atoms with Gasteiger partial charge in [-0.05, 0) is 12.8 Å². The molecule has 0 radical (unpaired) electrons. The number of aromatic nitrogens is 6. The molecule has 12 heteroatoms. The molecular weight excluding hydrogens is 327 g/mol. The lowest BCUT2D eigenvalue weighted by molar-refractivity contribution is -0.291. The van der Waals surface area contributed by atoms with E-state index in [1.807, 2.05) is 0 Å². The molecule has 0 aliphatic rings. The Balaban J connectivity index is 2.56. The second-order valence-electron chi connectivity index (χ2n) is 4.60. The highest BCUT2D eigenvalue weighted by molar-refractivity contribution is 5.78. The standard InChI is InChI=1S/C11H11F5N6O/c1-2-3-4-7-8(10(12,13)11(14,15)16)22(20-18-7)9(23)21-6-5-17-19-21/h5-6H,2-4H2,1H3. The van der Waals surface area contributed by atoms with Crippen LogP contribution in [0.5, 0.6) is 0 Å². The van der Waals surface area contributed by atoms with Crippen LogP contribution in [0.2, 0.25) is 0 Å². The van der Waals surface area contributed by atoms with Crippen LogP contribution in [-0.4, -0.2) is 42.2 Å². The van der Waals surface area contributed by atoms with Crippen molar-refractivity contribution in [2.75, 3.05) is 0 Å². The number of nitrogens with zero attached hydrogens (tertiary/aromatic N) is 6. The number of carbonyl (C=O) groups excluding carboxylic acids is 1. The summed E-state index contributed by atoms with van der Waals surface area (Å²) in [5.74, 6) is -5.28. The third-order valence-corrected chi connectivity index (χ3v) is 2.96. The molecule has 2 rings (SSSR count). The monoisotopic (exact) mass is 338 g/mol. The molecule has 0 aromatic carbocycles. The van der Waals surface area contributed by atoms with Crippen LogP contribution in [0.3, 0.4) is 0 Å². The van der Waals surface area contributed by atoms with E-state index in [1.54, 1.807) is 6.92 Å². The van der Waals surface area contributed by atoms with Gasteiger partial charge in [0.2, 0.25) is 0 Å². The fourth-order valence-electron chi connectivity index (χ4n) is 1.82. The Morgan fingerprint density at radius 3 is 2.43 bits per heavy atom. The number of hydrogen-bond acceptors (Lipinski definition) is 5. The van der Waals surface area contributed by atoms with E-state index in [2.05, 4.69) is 20.6 Å². The number of hydrogen-bond donors (Lipinski definition) is 0. The van der Waals surface area contributed by atoms with Crippen molar-refractivity contribution in [3.8, 4) is 0 Å². The number of carbonyl (C=O) groups is 1. The number of alkyl halides is 5. The highest BCUT2D eigenvalue weighted by Gasteiger charge is 2.62. The predicted molar refractivity (Wildman–Crippen MR) is 64.8 cm³/mol. The third-order valence-electron chi connectivity index (χ3n) is 2.96. The highest BCUT2D eigenvalue weighted by atomic mass is 19.4. The van der Waals surface area contributed by atoms with Gasteiger partial charge in [0.1, 0.15) is 0 Å². The number of rotatable bonds is 4. The first-order valence-corrected chi connectivity index (χ1v) is 6.50. The average molecular weight is 338 g/mol. The lowest BCUT2D eigenvalue weighted by Crippen LogP contribution is -2.39. The molecule has 0 spiro atoms. The first-order chi connectivity index (χ1) is 10.7. The van der Waals surface area contributed by atoms with Gasteiger partial charge < -0.3 is 0 Å².